The molecule has 0 saturated heterocycles. The summed E-state index contributed by atoms with van der Waals surface area (Å²) < 4.78 is 0. The third-order valence-electron chi connectivity index (χ3n) is 2.14. The van der Waals surface area contributed by atoms with Gasteiger partial charge in [-0.25, -0.2) is 0 Å². The van der Waals surface area contributed by atoms with Crippen molar-refractivity contribution in [1.29, 1.82) is 0 Å². The fourth-order valence-corrected chi connectivity index (χ4v) is 1.67. The molecular formula is C12H15NO3S. The smallest absolute Gasteiger partial charge is 0.303 e. The zero-order valence-corrected chi connectivity index (χ0v) is 10.4. The molecule has 17 heavy (non-hydrogen) atoms. The second-order valence-electron chi connectivity index (χ2n) is 3.57. The normalized spacial score (nSPS) is 9.94. The number of carboxylic acid groups (broad SMARTS) is 1. The highest BCUT2D eigenvalue weighted by Crippen LogP contribution is 2.11. The number of amides is 1. The SMILES string of the molecule is CSCC(=O)Nc1ccc(CCC(=O)O)cc1. The topological polar surface area (TPSA) is 66.4 Å². The van der Waals surface area contributed by atoms with Gasteiger partial charge >= 0.3 is 5.97 Å². The molecule has 0 saturated carbocycles. The molecule has 2 N–H and O–H groups in total. The second-order valence-corrected chi connectivity index (χ2v) is 4.44. The van der Waals surface area contributed by atoms with Gasteiger partial charge in [-0.1, -0.05) is 12.1 Å². The monoisotopic (exact) mass is 253 g/mol. The summed E-state index contributed by atoms with van der Waals surface area (Å²) >= 11 is 1.47. The molecule has 0 aliphatic carbocycles. The van der Waals surface area contributed by atoms with Crippen LogP contribution >= 0.6 is 11.8 Å². The lowest BCUT2D eigenvalue weighted by molar-refractivity contribution is -0.137. The fourth-order valence-electron chi connectivity index (χ4n) is 1.33. The van der Waals surface area contributed by atoms with Gasteiger partial charge in [0, 0.05) is 12.1 Å². The molecule has 92 valence electrons. The predicted molar refractivity (Wildman–Crippen MR) is 69.4 cm³/mol. The number of carboxylic acids is 1. The molecule has 0 spiro atoms. The molecule has 0 radical (unpaired) electrons. The molecule has 5 heteroatoms. The Morgan fingerprint density at radius 2 is 1.94 bits per heavy atom. The first-order valence-corrected chi connectivity index (χ1v) is 6.60. The molecule has 0 bridgehead atoms. The van der Waals surface area contributed by atoms with Crippen LogP contribution in [0.3, 0.4) is 0 Å². The maximum atomic E-state index is 11.3. The van der Waals surface area contributed by atoms with Gasteiger partial charge < -0.3 is 10.4 Å². The maximum absolute atomic E-state index is 11.3. The summed E-state index contributed by atoms with van der Waals surface area (Å²) in [4.78, 5) is 21.7. The zero-order chi connectivity index (χ0) is 12.7. The van der Waals surface area contributed by atoms with Gasteiger partial charge in [-0.05, 0) is 30.4 Å². The Morgan fingerprint density at radius 1 is 1.29 bits per heavy atom. The van der Waals surface area contributed by atoms with Crippen molar-refractivity contribution >= 4 is 29.3 Å². The van der Waals surface area contributed by atoms with E-state index in [-0.39, 0.29) is 12.3 Å². The summed E-state index contributed by atoms with van der Waals surface area (Å²) in [6, 6.07) is 7.24. The summed E-state index contributed by atoms with van der Waals surface area (Å²) in [6.45, 7) is 0. The van der Waals surface area contributed by atoms with E-state index in [2.05, 4.69) is 5.32 Å². The summed E-state index contributed by atoms with van der Waals surface area (Å²) in [5.74, 6) is -0.404. The van der Waals surface area contributed by atoms with Gasteiger partial charge in [-0.3, -0.25) is 9.59 Å². The number of anilines is 1. The number of benzene rings is 1. The highest BCUT2D eigenvalue weighted by molar-refractivity contribution is 7.99. The first kappa shape index (κ1) is 13.6. The van der Waals surface area contributed by atoms with E-state index in [9.17, 15) is 9.59 Å². The molecule has 1 rings (SSSR count). The van der Waals surface area contributed by atoms with E-state index in [1.807, 2.05) is 18.4 Å². The highest BCUT2D eigenvalue weighted by Gasteiger charge is 2.02. The van der Waals surface area contributed by atoms with Crippen molar-refractivity contribution in [3.05, 3.63) is 29.8 Å². The molecule has 1 amide bonds. The number of nitrogens with one attached hydrogen (secondary N) is 1. The Morgan fingerprint density at radius 3 is 2.47 bits per heavy atom. The van der Waals surface area contributed by atoms with E-state index < -0.39 is 5.97 Å². The largest absolute Gasteiger partial charge is 0.481 e. The van der Waals surface area contributed by atoms with E-state index in [0.29, 0.717) is 12.2 Å². The van der Waals surface area contributed by atoms with E-state index in [1.165, 1.54) is 11.8 Å². The highest BCUT2D eigenvalue weighted by atomic mass is 32.2. The lowest BCUT2D eigenvalue weighted by Gasteiger charge is -2.05. The van der Waals surface area contributed by atoms with Crippen LogP contribution in [-0.4, -0.2) is 29.0 Å². The van der Waals surface area contributed by atoms with Crippen LogP contribution in [0.5, 0.6) is 0 Å². The number of rotatable bonds is 6. The molecule has 0 unspecified atom stereocenters. The average Bonchev–Trinajstić information content (AvgIpc) is 2.28. The summed E-state index contributed by atoms with van der Waals surface area (Å²) in [5, 5.41) is 11.3. The van der Waals surface area contributed by atoms with Crippen LogP contribution in [-0.2, 0) is 16.0 Å². The number of hydrogen-bond acceptors (Lipinski definition) is 3. The minimum absolute atomic E-state index is 0.0317. The molecule has 0 aliphatic rings. The summed E-state index contributed by atoms with van der Waals surface area (Å²) in [5.41, 5.74) is 1.69. The van der Waals surface area contributed by atoms with Gasteiger partial charge in [0.05, 0.1) is 5.75 Å². The van der Waals surface area contributed by atoms with Crippen molar-refractivity contribution in [2.75, 3.05) is 17.3 Å². The molecule has 1 aromatic rings. The molecule has 0 fully saturated rings. The minimum Gasteiger partial charge on any atom is -0.481 e. The summed E-state index contributed by atoms with van der Waals surface area (Å²) in [6.07, 6.45) is 2.50. The van der Waals surface area contributed by atoms with Crippen LogP contribution in [0.1, 0.15) is 12.0 Å². The van der Waals surface area contributed by atoms with Crippen molar-refractivity contribution < 1.29 is 14.7 Å². The minimum atomic E-state index is -0.803. The Labute approximate surface area is 104 Å². The second kappa shape index (κ2) is 6.96. The number of carbonyl (C=O) groups excluding carboxylic acids is 1. The maximum Gasteiger partial charge on any atom is 0.303 e. The van der Waals surface area contributed by atoms with Crippen molar-refractivity contribution in [1.82, 2.24) is 0 Å². The quantitative estimate of drug-likeness (QED) is 0.813. The predicted octanol–water partition coefficient (Wildman–Crippen LogP) is 2.01. The number of thioether (sulfide) groups is 1. The van der Waals surface area contributed by atoms with Crippen LogP contribution in [0.4, 0.5) is 5.69 Å². The van der Waals surface area contributed by atoms with Gasteiger partial charge in [0.1, 0.15) is 0 Å². The van der Waals surface area contributed by atoms with Gasteiger partial charge in [-0.2, -0.15) is 11.8 Å². The van der Waals surface area contributed by atoms with Gasteiger partial charge in [0.25, 0.3) is 0 Å². The first-order chi connectivity index (χ1) is 8.11. The van der Waals surface area contributed by atoms with Crippen molar-refractivity contribution in [3.63, 3.8) is 0 Å². The standard InChI is InChI=1S/C12H15NO3S/c1-17-8-11(14)13-10-5-2-9(3-6-10)4-7-12(15)16/h2-3,5-6H,4,7-8H2,1H3,(H,13,14)(H,15,16). The molecular weight excluding hydrogens is 238 g/mol. The lowest BCUT2D eigenvalue weighted by Crippen LogP contribution is -2.13. The zero-order valence-electron chi connectivity index (χ0n) is 9.60. The van der Waals surface area contributed by atoms with Crippen LogP contribution in [0.15, 0.2) is 24.3 Å². The van der Waals surface area contributed by atoms with Crippen molar-refractivity contribution in [2.24, 2.45) is 0 Å². The molecule has 0 aliphatic heterocycles. The Kier molecular flexibility index (Phi) is 5.56. The third-order valence-corrected chi connectivity index (χ3v) is 2.69. The number of aliphatic carboxylic acids is 1. The lowest BCUT2D eigenvalue weighted by atomic mass is 10.1. The van der Waals surface area contributed by atoms with E-state index >= 15 is 0 Å². The van der Waals surface area contributed by atoms with Gasteiger partial charge in [0.2, 0.25) is 5.91 Å². The summed E-state index contributed by atoms with van der Waals surface area (Å²) in [7, 11) is 0. The number of aryl methyl sites for hydroxylation is 1. The van der Waals surface area contributed by atoms with Gasteiger partial charge in [-0.15, -0.1) is 0 Å². The van der Waals surface area contributed by atoms with Crippen LogP contribution < -0.4 is 5.32 Å². The molecule has 0 aromatic heterocycles. The number of carbonyl (C=O) groups is 2. The molecule has 0 atom stereocenters. The van der Waals surface area contributed by atoms with E-state index in [4.69, 9.17) is 5.11 Å². The van der Waals surface area contributed by atoms with E-state index in [0.717, 1.165) is 11.3 Å². The molecule has 4 nitrogen and oxygen atoms in total. The average molecular weight is 253 g/mol. The Bertz CT molecular complexity index is 389. The van der Waals surface area contributed by atoms with Crippen molar-refractivity contribution in [2.45, 2.75) is 12.8 Å². The first-order valence-electron chi connectivity index (χ1n) is 5.21. The third kappa shape index (κ3) is 5.40. The van der Waals surface area contributed by atoms with Crippen LogP contribution in [0.2, 0.25) is 0 Å². The van der Waals surface area contributed by atoms with Crippen LogP contribution in [0.25, 0.3) is 0 Å². The number of hydrogen-bond donors (Lipinski definition) is 2. The molecule has 0 heterocycles. The molecule has 1 aromatic carbocycles. The Hall–Kier alpha value is -1.49. The van der Waals surface area contributed by atoms with E-state index in [1.54, 1.807) is 12.1 Å². The van der Waals surface area contributed by atoms with Gasteiger partial charge in [0.15, 0.2) is 0 Å². The van der Waals surface area contributed by atoms with Crippen LogP contribution in [0, 0.1) is 0 Å². The fraction of sp³-hybridized carbons (Fsp3) is 0.333. The van der Waals surface area contributed by atoms with Crippen molar-refractivity contribution in [3.8, 4) is 0 Å². The Balaban J connectivity index is 2.49.